The van der Waals surface area contributed by atoms with Gasteiger partial charge in [-0.1, -0.05) is 30.4 Å². The summed E-state index contributed by atoms with van der Waals surface area (Å²) >= 11 is 0. The fraction of sp³-hybridized carbons (Fsp3) is 0.250. The van der Waals surface area contributed by atoms with Gasteiger partial charge in [0, 0.05) is 23.4 Å². The number of nitrogens with one attached hydrogen (secondary N) is 1. The molecule has 0 spiro atoms. The van der Waals surface area contributed by atoms with Crippen LogP contribution in [-0.4, -0.2) is 30.7 Å². The summed E-state index contributed by atoms with van der Waals surface area (Å²) in [5.41, 5.74) is 6.20. The molecule has 29 heavy (non-hydrogen) atoms. The van der Waals surface area contributed by atoms with Crippen LogP contribution in [0.15, 0.2) is 60.3 Å². The Morgan fingerprint density at radius 3 is 2.62 bits per heavy atom. The molecule has 1 aromatic heterocycles. The largest absolute Gasteiger partial charge is 0.417 e. The highest BCUT2D eigenvalue weighted by atomic mass is 32.2. The maximum Gasteiger partial charge on any atom is 0.417 e. The summed E-state index contributed by atoms with van der Waals surface area (Å²) < 4.78 is 28.4. The summed E-state index contributed by atoms with van der Waals surface area (Å²) in [5.74, 6) is 0.875. The number of anilines is 1. The number of sulfone groups is 1. The molecule has 1 unspecified atom stereocenters. The summed E-state index contributed by atoms with van der Waals surface area (Å²) in [6.45, 7) is 1.91. The first-order chi connectivity index (χ1) is 13.6. The summed E-state index contributed by atoms with van der Waals surface area (Å²) in [7, 11) is -3.25. The molecule has 1 amide bonds. The first-order valence-corrected chi connectivity index (χ1v) is 10.9. The van der Waals surface area contributed by atoms with Crippen LogP contribution in [0.4, 0.5) is 10.6 Å². The normalized spacial score (nSPS) is 18.8. The van der Waals surface area contributed by atoms with E-state index in [0.717, 1.165) is 6.26 Å². The first-order valence-electron chi connectivity index (χ1n) is 8.88. The van der Waals surface area contributed by atoms with Crippen LogP contribution in [-0.2, 0) is 21.0 Å². The molecule has 0 saturated heterocycles. The third-order valence-electron chi connectivity index (χ3n) is 4.30. The Bertz CT molecular complexity index is 1080. The number of carbonyl (C=O) groups is 1. The van der Waals surface area contributed by atoms with Crippen LogP contribution in [0.3, 0.4) is 0 Å². The third-order valence-corrected chi connectivity index (χ3v) is 5.12. The monoisotopic (exact) mass is 414 g/mol. The van der Waals surface area contributed by atoms with Gasteiger partial charge in [0.05, 0.1) is 11.4 Å². The van der Waals surface area contributed by atoms with E-state index in [1.807, 2.05) is 25.1 Å². The Morgan fingerprint density at radius 1 is 1.28 bits per heavy atom. The molecule has 152 valence electrons. The zero-order chi connectivity index (χ0) is 21.1. The first kappa shape index (κ1) is 20.5. The maximum atomic E-state index is 12.0. The van der Waals surface area contributed by atoms with E-state index < -0.39 is 21.3 Å². The number of para-hydroxylation sites is 1. The molecular weight excluding hydrogens is 392 g/mol. The SMILES string of the molecule is CC1(c2nc(N)cc(CS(C)(=O)=O)n2)C=CC(NC(=O)Oc2ccccc2)=CC1. The van der Waals surface area contributed by atoms with Crippen LogP contribution >= 0.6 is 0 Å². The summed E-state index contributed by atoms with van der Waals surface area (Å²) in [4.78, 5) is 20.7. The Morgan fingerprint density at radius 2 is 2.00 bits per heavy atom. The number of amides is 1. The van der Waals surface area contributed by atoms with E-state index >= 15 is 0 Å². The van der Waals surface area contributed by atoms with Crippen LogP contribution in [0.5, 0.6) is 5.75 Å². The predicted molar refractivity (Wildman–Crippen MR) is 110 cm³/mol. The number of ether oxygens (including phenoxy) is 1. The quantitative estimate of drug-likeness (QED) is 0.770. The van der Waals surface area contributed by atoms with Crippen molar-refractivity contribution in [3.63, 3.8) is 0 Å². The van der Waals surface area contributed by atoms with Gasteiger partial charge in [0.1, 0.15) is 17.4 Å². The second kappa shape index (κ2) is 8.04. The molecule has 0 saturated carbocycles. The van der Waals surface area contributed by atoms with Gasteiger partial charge in [-0.15, -0.1) is 0 Å². The van der Waals surface area contributed by atoms with Crippen LogP contribution in [0.25, 0.3) is 0 Å². The standard InChI is InChI=1S/C20H22N4O4S/c1-20(18-22-15(12-17(21)24-18)13-29(2,26)27)10-8-14(9-11-20)23-19(25)28-16-6-4-3-5-7-16/h3-10,12H,11,13H2,1-2H3,(H,23,25)(H2,21,22,24). The van der Waals surface area contributed by atoms with Gasteiger partial charge in [-0.3, -0.25) is 5.32 Å². The van der Waals surface area contributed by atoms with Crippen LogP contribution < -0.4 is 15.8 Å². The van der Waals surface area contributed by atoms with Crippen molar-refractivity contribution in [2.24, 2.45) is 0 Å². The van der Waals surface area contributed by atoms with E-state index in [0.29, 0.717) is 29.4 Å². The van der Waals surface area contributed by atoms with Crippen molar-refractivity contribution in [2.75, 3.05) is 12.0 Å². The average molecular weight is 414 g/mol. The van der Waals surface area contributed by atoms with Crippen molar-refractivity contribution < 1.29 is 17.9 Å². The molecule has 1 heterocycles. The molecule has 8 nitrogen and oxygen atoms in total. The van der Waals surface area contributed by atoms with Gasteiger partial charge in [-0.2, -0.15) is 0 Å². The number of benzene rings is 1. The van der Waals surface area contributed by atoms with Gasteiger partial charge in [-0.25, -0.2) is 23.2 Å². The molecule has 3 N–H and O–H groups in total. The van der Waals surface area contributed by atoms with Gasteiger partial charge in [0.15, 0.2) is 9.84 Å². The maximum absolute atomic E-state index is 12.0. The number of hydrogen-bond acceptors (Lipinski definition) is 7. The Balaban J connectivity index is 1.70. The lowest BCUT2D eigenvalue weighted by atomic mass is 9.82. The lowest BCUT2D eigenvalue weighted by Crippen LogP contribution is -2.30. The van der Waals surface area contributed by atoms with Crippen LogP contribution in [0.2, 0.25) is 0 Å². The van der Waals surface area contributed by atoms with Crippen molar-refractivity contribution in [1.29, 1.82) is 0 Å². The van der Waals surface area contributed by atoms with Crippen molar-refractivity contribution in [1.82, 2.24) is 15.3 Å². The molecule has 0 aliphatic heterocycles. The Kier molecular flexibility index (Phi) is 5.69. The van der Waals surface area contributed by atoms with E-state index in [1.54, 1.807) is 30.3 Å². The van der Waals surface area contributed by atoms with Gasteiger partial charge in [0.2, 0.25) is 0 Å². The highest BCUT2D eigenvalue weighted by Crippen LogP contribution is 2.31. The van der Waals surface area contributed by atoms with E-state index in [1.165, 1.54) is 6.07 Å². The lowest BCUT2D eigenvalue weighted by molar-refractivity contribution is 0.203. The average Bonchev–Trinajstić information content (AvgIpc) is 2.62. The van der Waals surface area contributed by atoms with E-state index in [2.05, 4.69) is 15.3 Å². The van der Waals surface area contributed by atoms with Crippen LogP contribution in [0, 0.1) is 0 Å². The number of nitrogens with two attached hydrogens (primary N) is 1. The van der Waals surface area contributed by atoms with Crippen LogP contribution in [0.1, 0.15) is 24.9 Å². The van der Waals surface area contributed by atoms with Crippen molar-refractivity contribution in [2.45, 2.75) is 24.5 Å². The fourth-order valence-corrected chi connectivity index (χ4v) is 3.53. The number of allylic oxidation sites excluding steroid dienone is 3. The smallest absolute Gasteiger partial charge is 0.410 e. The van der Waals surface area contributed by atoms with Crippen molar-refractivity contribution in [3.05, 3.63) is 71.8 Å². The summed E-state index contributed by atoms with van der Waals surface area (Å²) in [6, 6.07) is 10.2. The molecule has 3 rings (SSSR count). The van der Waals surface area contributed by atoms with Gasteiger partial charge in [-0.05, 0) is 31.6 Å². The van der Waals surface area contributed by atoms with Gasteiger partial charge >= 0.3 is 6.09 Å². The molecule has 1 aliphatic rings. The van der Waals surface area contributed by atoms with E-state index in [4.69, 9.17) is 10.5 Å². The van der Waals surface area contributed by atoms with Crippen molar-refractivity contribution in [3.8, 4) is 5.75 Å². The summed E-state index contributed by atoms with van der Waals surface area (Å²) in [6.07, 6.45) is 6.46. The van der Waals surface area contributed by atoms with Crippen molar-refractivity contribution >= 4 is 21.7 Å². The Labute approximate surface area is 169 Å². The molecule has 0 radical (unpaired) electrons. The minimum atomic E-state index is -3.25. The molecule has 9 heteroatoms. The molecule has 0 fully saturated rings. The molecule has 1 aromatic carbocycles. The number of nitrogens with zero attached hydrogens (tertiary/aromatic N) is 2. The number of nitrogen functional groups attached to an aromatic ring is 1. The lowest BCUT2D eigenvalue weighted by Gasteiger charge is -2.27. The number of carbonyl (C=O) groups excluding carboxylic acids is 1. The third kappa shape index (κ3) is 5.64. The topological polar surface area (TPSA) is 124 Å². The second-order valence-corrected chi connectivity index (χ2v) is 9.26. The molecular formula is C20H22N4O4S. The zero-order valence-corrected chi connectivity index (χ0v) is 16.9. The number of rotatable bonds is 5. The minimum Gasteiger partial charge on any atom is -0.410 e. The van der Waals surface area contributed by atoms with E-state index in [9.17, 15) is 13.2 Å². The molecule has 0 bridgehead atoms. The minimum absolute atomic E-state index is 0.208. The molecule has 1 aliphatic carbocycles. The molecule has 1 atom stereocenters. The Hall–Kier alpha value is -3.20. The van der Waals surface area contributed by atoms with E-state index in [-0.39, 0.29) is 11.6 Å². The zero-order valence-electron chi connectivity index (χ0n) is 16.1. The fourth-order valence-electron chi connectivity index (χ4n) is 2.85. The molecule has 2 aromatic rings. The predicted octanol–water partition coefficient (Wildman–Crippen LogP) is 2.49. The highest BCUT2D eigenvalue weighted by Gasteiger charge is 2.29. The highest BCUT2D eigenvalue weighted by molar-refractivity contribution is 7.89. The second-order valence-electron chi connectivity index (χ2n) is 7.12. The van der Waals surface area contributed by atoms with Gasteiger partial charge < -0.3 is 10.5 Å². The number of aromatic nitrogens is 2. The summed E-state index contributed by atoms with van der Waals surface area (Å²) in [5, 5.41) is 2.68. The van der Waals surface area contributed by atoms with Gasteiger partial charge in [0.25, 0.3) is 0 Å². The number of hydrogen-bond donors (Lipinski definition) is 2.